The lowest BCUT2D eigenvalue weighted by molar-refractivity contribution is 0.0691. The summed E-state index contributed by atoms with van der Waals surface area (Å²) in [4.78, 5) is 17.2. The molecule has 1 fully saturated rings. The molecule has 0 unspecified atom stereocenters. The van der Waals surface area contributed by atoms with Crippen LogP contribution in [0.5, 0.6) is 0 Å². The third-order valence-corrected chi connectivity index (χ3v) is 3.11. The molecule has 0 atom stereocenters. The lowest BCUT2D eigenvalue weighted by atomic mass is 10.1. The van der Waals surface area contributed by atoms with Crippen molar-refractivity contribution in [2.75, 3.05) is 18.0 Å². The molecule has 1 aromatic heterocycles. The average molecular weight is 228 g/mol. The van der Waals surface area contributed by atoms with Crippen molar-refractivity contribution >= 4 is 22.6 Å². The minimum Gasteiger partial charge on any atom is -0.477 e. The van der Waals surface area contributed by atoms with Crippen molar-refractivity contribution in [3.63, 3.8) is 0 Å². The number of carbonyl (C=O) groups is 1. The number of benzene rings is 1. The van der Waals surface area contributed by atoms with E-state index in [4.69, 9.17) is 5.11 Å². The number of nitrogens with zero attached hydrogens (tertiary/aromatic N) is 2. The van der Waals surface area contributed by atoms with Crippen LogP contribution in [0, 0.1) is 0 Å². The van der Waals surface area contributed by atoms with Gasteiger partial charge in [0.1, 0.15) is 5.69 Å². The molecule has 1 saturated heterocycles. The summed E-state index contributed by atoms with van der Waals surface area (Å²) in [6, 6.07) is 9.31. The van der Waals surface area contributed by atoms with Gasteiger partial charge in [-0.25, -0.2) is 9.78 Å². The minimum absolute atomic E-state index is 0.0919. The van der Waals surface area contributed by atoms with Gasteiger partial charge in [-0.3, -0.25) is 0 Å². The van der Waals surface area contributed by atoms with Crippen LogP contribution >= 0.6 is 0 Å². The van der Waals surface area contributed by atoms with Gasteiger partial charge in [0.2, 0.25) is 0 Å². The van der Waals surface area contributed by atoms with E-state index >= 15 is 0 Å². The van der Waals surface area contributed by atoms with Crippen LogP contribution in [-0.2, 0) is 0 Å². The Labute approximate surface area is 98.5 Å². The molecule has 1 aliphatic rings. The van der Waals surface area contributed by atoms with Gasteiger partial charge in [0.25, 0.3) is 0 Å². The van der Waals surface area contributed by atoms with E-state index in [1.165, 1.54) is 12.1 Å². The summed E-state index contributed by atoms with van der Waals surface area (Å²) in [5.41, 5.74) is 2.01. The normalized spacial score (nSPS) is 14.7. The SMILES string of the molecule is O=C(O)c1ccc2cc(N3CCC3)ccc2n1. The maximum absolute atomic E-state index is 10.8. The molecular weight excluding hydrogens is 216 g/mol. The maximum Gasteiger partial charge on any atom is 0.354 e. The summed E-state index contributed by atoms with van der Waals surface area (Å²) in [5.74, 6) is -0.987. The molecule has 0 amide bonds. The van der Waals surface area contributed by atoms with Crippen molar-refractivity contribution in [2.24, 2.45) is 0 Å². The third kappa shape index (κ3) is 1.71. The Balaban J connectivity index is 2.05. The Bertz CT molecular complexity index is 591. The van der Waals surface area contributed by atoms with Gasteiger partial charge < -0.3 is 10.0 Å². The third-order valence-electron chi connectivity index (χ3n) is 3.11. The maximum atomic E-state index is 10.8. The van der Waals surface area contributed by atoms with Gasteiger partial charge in [0.15, 0.2) is 0 Å². The molecule has 17 heavy (non-hydrogen) atoms. The second kappa shape index (κ2) is 3.73. The summed E-state index contributed by atoms with van der Waals surface area (Å²) < 4.78 is 0. The smallest absolute Gasteiger partial charge is 0.354 e. The molecule has 1 aromatic carbocycles. The molecule has 0 radical (unpaired) electrons. The summed E-state index contributed by atoms with van der Waals surface area (Å²) in [5, 5.41) is 9.85. The number of carboxylic acids is 1. The van der Waals surface area contributed by atoms with E-state index in [-0.39, 0.29) is 5.69 Å². The van der Waals surface area contributed by atoms with Crippen LogP contribution in [0.1, 0.15) is 16.9 Å². The first kappa shape index (κ1) is 10.1. The Morgan fingerprint density at radius 1 is 1.24 bits per heavy atom. The molecule has 0 spiro atoms. The summed E-state index contributed by atoms with van der Waals surface area (Å²) >= 11 is 0. The summed E-state index contributed by atoms with van der Waals surface area (Å²) in [6.07, 6.45) is 1.24. The highest BCUT2D eigenvalue weighted by atomic mass is 16.4. The first-order valence-electron chi connectivity index (χ1n) is 5.63. The molecular formula is C13H12N2O2. The molecule has 86 valence electrons. The molecule has 1 aliphatic heterocycles. The fraction of sp³-hybridized carbons (Fsp3) is 0.231. The molecule has 1 N–H and O–H groups in total. The highest BCUT2D eigenvalue weighted by molar-refractivity contribution is 5.90. The van der Waals surface area contributed by atoms with E-state index in [1.807, 2.05) is 18.2 Å². The number of hydrogen-bond donors (Lipinski definition) is 1. The van der Waals surface area contributed by atoms with E-state index < -0.39 is 5.97 Å². The van der Waals surface area contributed by atoms with Crippen LogP contribution in [0.15, 0.2) is 30.3 Å². The Kier molecular flexibility index (Phi) is 2.21. The lowest BCUT2D eigenvalue weighted by Crippen LogP contribution is -2.36. The van der Waals surface area contributed by atoms with Crippen LogP contribution in [0.25, 0.3) is 10.9 Å². The van der Waals surface area contributed by atoms with Gasteiger partial charge in [-0.1, -0.05) is 6.07 Å². The molecule has 4 heteroatoms. The number of hydrogen-bond acceptors (Lipinski definition) is 3. The number of anilines is 1. The average Bonchev–Trinajstić information content (AvgIpc) is 2.26. The number of carboxylic acid groups (broad SMARTS) is 1. The summed E-state index contributed by atoms with van der Waals surface area (Å²) in [7, 11) is 0. The number of pyridine rings is 1. The number of rotatable bonds is 2. The molecule has 2 heterocycles. The second-order valence-electron chi connectivity index (χ2n) is 4.22. The fourth-order valence-electron chi connectivity index (χ4n) is 2.00. The molecule has 0 bridgehead atoms. The highest BCUT2D eigenvalue weighted by Crippen LogP contribution is 2.24. The zero-order chi connectivity index (χ0) is 11.8. The number of aromatic carboxylic acids is 1. The van der Waals surface area contributed by atoms with E-state index in [1.54, 1.807) is 6.07 Å². The van der Waals surface area contributed by atoms with Gasteiger partial charge in [-0.05, 0) is 30.7 Å². The quantitative estimate of drug-likeness (QED) is 0.855. The first-order chi connectivity index (χ1) is 8.24. The van der Waals surface area contributed by atoms with Gasteiger partial charge in [-0.2, -0.15) is 0 Å². The van der Waals surface area contributed by atoms with Crippen molar-refractivity contribution in [1.29, 1.82) is 0 Å². The predicted octanol–water partition coefficient (Wildman–Crippen LogP) is 2.14. The van der Waals surface area contributed by atoms with E-state index in [9.17, 15) is 4.79 Å². The zero-order valence-electron chi connectivity index (χ0n) is 9.26. The van der Waals surface area contributed by atoms with Gasteiger partial charge >= 0.3 is 5.97 Å². The van der Waals surface area contributed by atoms with Crippen molar-refractivity contribution in [2.45, 2.75) is 6.42 Å². The first-order valence-corrected chi connectivity index (χ1v) is 5.63. The Morgan fingerprint density at radius 2 is 2.06 bits per heavy atom. The largest absolute Gasteiger partial charge is 0.477 e. The van der Waals surface area contributed by atoms with Crippen LogP contribution in [-0.4, -0.2) is 29.1 Å². The Morgan fingerprint density at radius 3 is 2.71 bits per heavy atom. The minimum atomic E-state index is -0.987. The number of fused-ring (bicyclic) bond motifs is 1. The molecule has 0 aliphatic carbocycles. The zero-order valence-corrected chi connectivity index (χ0v) is 9.26. The lowest BCUT2D eigenvalue weighted by Gasteiger charge is -2.33. The van der Waals surface area contributed by atoms with Crippen molar-refractivity contribution in [3.8, 4) is 0 Å². The van der Waals surface area contributed by atoms with E-state index in [2.05, 4.69) is 16.0 Å². The van der Waals surface area contributed by atoms with Crippen LogP contribution in [0.4, 0.5) is 5.69 Å². The van der Waals surface area contributed by atoms with Crippen LogP contribution in [0.3, 0.4) is 0 Å². The van der Waals surface area contributed by atoms with Crippen molar-refractivity contribution in [3.05, 3.63) is 36.0 Å². The second-order valence-corrected chi connectivity index (χ2v) is 4.22. The van der Waals surface area contributed by atoms with Crippen LogP contribution < -0.4 is 4.90 Å². The van der Waals surface area contributed by atoms with Gasteiger partial charge in [0.05, 0.1) is 5.52 Å². The van der Waals surface area contributed by atoms with E-state index in [0.717, 1.165) is 24.0 Å². The predicted molar refractivity (Wildman–Crippen MR) is 65.5 cm³/mol. The molecule has 3 rings (SSSR count). The van der Waals surface area contributed by atoms with E-state index in [0.29, 0.717) is 0 Å². The Hall–Kier alpha value is -2.10. The summed E-state index contributed by atoms with van der Waals surface area (Å²) in [6.45, 7) is 2.21. The highest BCUT2D eigenvalue weighted by Gasteiger charge is 2.14. The van der Waals surface area contributed by atoms with Crippen molar-refractivity contribution < 1.29 is 9.90 Å². The fourth-order valence-corrected chi connectivity index (χ4v) is 2.00. The molecule has 2 aromatic rings. The standard InChI is InChI=1S/C13H12N2O2/c16-13(17)12-4-2-9-8-10(15-6-1-7-15)3-5-11(9)14-12/h2-5,8H,1,6-7H2,(H,16,17). The molecule has 0 saturated carbocycles. The molecule has 4 nitrogen and oxygen atoms in total. The topological polar surface area (TPSA) is 53.4 Å². The van der Waals surface area contributed by atoms with Gasteiger partial charge in [0, 0.05) is 24.2 Å². The van der Waals surface area contributed by atoms with Crippen molar-refractivity contribution in [1.82, 2.24) is 4.98 Å². The van der Waals surface area contributed by atoms with Crippen LogP contribution in [0.2, 0.25) is 0 Å². The number of aromatic nitrogens is 1. The van der Waals surface area contributed by atoms with Gasteiger partial charge in [-0.15, -0.1) is 0 Å². The monoisotopic (exact) mass is 228 g/mol.